The summed E-state index contributed by atoms with van der Waals surface area (Å²) in [4.78, 5) is 37.0. The van der Waals surface area contributed by atoms with E-state index in [4.69, 9.17) is 24.5 Å². The standard InChI is InChI=1S/C23H39N6O7P/c1-7-8-9-10-33-22(31)23(5,6)28-37(32,35-12-18(30)36-16(2)3)15-34-17(4)11-29-14-27-19-20(24)25-13-26-21(19)29/h13-14,16-17H,7-12,15H2,1-6H3,(H,28,32)(H2,24,25,26)/t17-,37?/m0/s1. The normalized spacial score (nSPS) is 14.5. The highest BCUT2D eigenvalue weighted by Crippen LogP contribution is 2.45. The minimum Gasteiger partial charge on any atom is -0.464 e. The fourth-order valence-electron chi connectivity index (χ4n) is 3.31. The Morgan fingerprint density at radius 1 is 1.19 bits per heavy atom. The number of fused-ring (bicyclic) bond motifs is 1. The average Bonchev–Trinajstić information content (AvgIpc) is 3.22. The van der Waals surface area contributed by atoms with Gasteiger partial charge in [-0.1, -0.05) is 19.8 Å². The van der Waals surface area contributed by atoms with Gasteiger partial charge in [0.15, 0.2) is 18.1 Å². The molecule has 0 saturated heterocycles. The number of hydrogen-bond donors (Lipinski definition) is 2. The molecule has 2 atom stereocenters. The quantitative estimate of drug-likeness (QED) is 0.181. The lowest BCUT2D eigenvalue weighted by Crippen LogP contribution is -2.47. The van der Waals surface area contributed by atoms with Crippen molar-refractivity contribution in [2.45, 2.75) is 85.1 Å². The van der Waals surface area contributed by atoms with Crippen LogP contribution in [0.25, 0.3) is 11.2 Å². The molecule has 37 heavy (non-hydrogen) atoms. The second-order valence-electron chi connectivity index (χ2n) is 9.50. The Hall–Kier alpha value is -2.60. The van der Waals surface area contributed by atoms with Crippen molar-refractivity contribution in [1.29, 1.82) is 0 Å². The van der Waals surface area contributed by atoms with Gasteiger partial charge in [-0.05, 0) is 41.0 Å². The molecule has 14 heteroatoms. The Bertz CT molecular complexity index is 1090. The number of imidazole rings is 1. The third-order valence-electron chi connectivity index (χ3n) is 5.11. The summed E-state index contributed by atoms with van der Waals surface area (Å²) < 4.78 is 37.2. The van der Waals surface area contributed by atoms with E-state index in [9.17, 15) is 14.2 Å². The van der Waals surface area contributed by atoms with Gasteiger partial charge in [0, 0.05) is 0 Å². The zero-order chi connectivity index (χ0) is 27.6. The number of aromatic nitrogens is 4. The molecule has 0 aliphatic rings. The number of hydrogen-bond acceptors (Lipinski definition) is 11. The van der Waals surface area contributed by atoms with Crippen LogP contribution >= 0.6 is 7.52 Å². The van der Waals surface area contributed by atoms with Gasteiger partial charge < -0.3 is 29.0 Å². The van der Waals surface area contributed by atoms with E-state index >= 15 is 0 Å². The molecule has 0 amide bonds. The molecule has 2 heterocycles. The molecule has 0 aliphatic carbocycles. The molecule has 0 fully saturated rings. The highest BCUT2D eigenvalue weighted by atomic mass is 31.2. The first kappa shape index (κ1) is 30.6. The zero-order valence-corrected chi connectivity index (χ0v) is 23.3. The summed E-state index contributed by atoms with van der Waals surface area (Å²) in [5.41, 5.74) is 5.46. The van der Waals surface area contributed by atoms with Crippen LogP contribution in [0.1, 0.15) is 60.8 Å². The lowest BCUT2D eigenvalue weighted by Gasteiger charge is -2.30. The summed E-state index contributed by atoms with van der Waals surface area (Å²) in [6.07, 6.45) is 4.29. The summed E-state index contributed by atoms with van der Waals surface area (Å²) in [6, 6.07) is 0. The number of nitrogen functional groups attached to an aromatic ring is 1. The van der Waals surface area contributed by atoms with Gasteiger partial charge >= 0.3 is 11.9 Å². The second-order valence-corrected chi connectivity index (χ2v) is 11.6. The second kappa shape index (κ2) is 13.8. The van der Waals surface area contributed by atoms with Crippen molar-refractivity contribution in [1.82, 2.24) is 24.6 Å². The fraction of sp³-hybridized carbons (Fsp3) is 0.696. The highest BCUT2D eigenvalue weighted by Gasteiger charge is 2.39. The maximum Gasteiger partial charge on any atom is 0.332 e. The molecule has 3 N–H and O–H groups in total. The van der Waals surface area contributed by atoms with Gasteiger partial charge in [0.2, 0.25) is 0 Å². The monoisotopic (exact) mass is 542 g/mol. The van der Waals surface area contributed by atoms with Crippen LogP contribution in [0.5, 0.6) is 0 Å². The molecule has 0 aromatic carbocycles. The number of unbranched alkanes of at least 4 members (excludes halogenated alkanes) is 2. The number of carbonyl (C=O) groups is 2. The average molecular weight is 543 g/mol. The molecule has 208 valence electrons. The summed E-state index contributed by atoms with van der Waals surface area (Å²) in [5, 5.41) is 2.74. The van der Waals surface area contributed by atoms with Gasteiger partial charge in [-0.2, -0.15) is 0 Å². The summed E-state index contributed by atoms with van der Waals surface area (Å²) >= 11 is 0. The van der Waals surface area contributed by atoms with Crippen LogP contribution in [0.4, 0.5) is 5.82 Å². The van der Waals surface area contributed by atoms with Crippen molar-refractivity contribution >= 4 is 36.4 Å². The first-order valence-corrected chi connectivity index (χ1v) is 14.1. The molecule has 2 rings (SSSR count). The van der Waals surface area contributed by atoms with Crippen molar-refractivity contribution < 1.29 is 32.9 Å². The van der Waals surface area contributed by atoms with Gasteiger partial charge in [0.05, 0.1) is 31.7 Å². The Labute approximate surface area is 217 Å². The Morgan fingerprint density at radius 2 is 1.92 bits per heavy atom. The molecule has 0 bridgehead atoms. The maximum atomic E-state index is 13.7. The molecule has 0 saturated carbocycles. The molecule has 1 unspecified atom stereocenters. The van der Waals surface area contributed by atoms with E-state index < -0.39 is 44.1 Å². The summed E-state index contributed by atoms with van der Waals surface area (Å²) in [7, 11) is -3.88. The molecule has 2 aromatic heterocycles. The largest absolute Gasteiger partial charge is 0.464 e. The highest BCUT2D eigenvalue weighted by molar-refractivity contribution is 7.56. The van der Waals surface area contributed by atoms with E-state index in [1.807, 2.05) is 6.92 Å². The molecule has 0 radical (unpaired) electrons. The van der Waals surface area contributed by atoms with Gasteiger partial charge in [-0.3, -0.25) is 9.36 Å². The maximum absolute atomic E-state index is 13.7. The van der Waals surface area contributed by atoms with E-state index in [1.54, 1.807) is 31.7 Å². The van der Waals surface area contributed by atoms with Crippen molar-refractivity contribution in [3.05, 3.63) is 12.7 Å². The Kier molecular flexibility index (Phi) is 11.4. The van der Waals surface area contributed by atoms with Gasteiger partial charge in [0.1, 0.15) is 23.7 Å². The van der Waals surface area contributed by atoms with Crippen LogP contribution in [0.3, 0.4) is 0 Å². The number of ether oxygens (including phenoxy) is 3. The SMILES string of the molecule is CCCCCOC(=O)C(C)(C)NP(=O)(CO[C@@H](C)Cn1cnc2c(N)ncnc21)OCC(=O)OC(C)C. The molecule has 0 spiro atoms. The number of rotatable bonds is 16. The molecule has 0 aliphatic heterocycles. The predicted molar refractivity (Wildman–Crippen MR) is 138 cm³/mol. The summed E-state index contributed by atoms with van der Waals surface area (Å²) in [6.45, 7) is 10.2. The van der Waals surface area contributed by atoms with Gasteiger partial charge in [0.25, 0.3) is 7.52 Å². The van der Waals surface area contributed by atoms with E-state index in [0.29, 0.717) is 17.7 Å². The first-order valence-electron chi connectivity index (χ1n) is 12.3. The molecule has 13 nitrogen and oxygen atoms in total. The fourth-order valence-corrected chi connectivity index (χ4v) is 5.22. The smallest absolute Gasteiger partial charge is 0.332 e. The number of esters is 2. The van der Waals surface area contributed by atoms with E-state index in [0.717, 1.165) is 19.3 Å². The van der Waals surface area contributed by atoms with Gasteiger partial charge in [-0.25, -0.2) is 24.8 Å². The Morgan fingerprint density at radius 3 is 2.59 bits per heavy atom. The third-order valence-corrected chi connectivity index (χ3v) is 7.05. The van der Waals surface area contributed by atoms with Crippen LogP contribution in [-0.2, 0) is 39.4 Å². The zero-order valence-electron chi connectivity index (χ0n) is 22.4. The topological polar surface area (TPSA) is 170 Å². The lowest BCUT2D eigenvalue weighted by atomic mass is 10.1. The number of nitrogens with one attached hydrogen (secondary N) is 1. The summed E-state index contributed by atoms with van der Waals surface area (Å²) in [5.74, 6) is -1.02. The van der Waals surface area contributed by atoms with Crippen LogP contribution in [-0.4, -0.2) is 68.8 Å². The van der Waals surface area contributed by atoms with Crippen LogP contribution in [0.2, 0.25) is 0 Å². The van der Waals surface area contributed by atoms with E-state index in [2.05, 4.69) is 20.0 Å². The predicted octanol–water partition coefficient (Wildman–Crippen LogP) is 3.03. The number of anilines is 1. The van der Waals surface area contributed by atoms with Crippen LogP contribution in [0, 0.1) is 0 Å². The third kappa shape index (κ3) is 9.66. The molecule has 2 aromatic rings. The van der Waals surface area contributed by atoms with Crippen molar-refractivity contribution in [2.24, 2.45) is 0 Å². The molecular formula is C23H39N6O7P. The van der Waals surface area contributed by atoms with Gasteiger partial charge in [-0.15, -0.1) is 0 Å². The lowest BCUT2D eigenvalue weighted by molar-refractivity contribution is -0.149. The van der Waals surface area contributed by atoms with Crippen molar-refractivity contribution in [3.63, 3.8) is 0 Å². The number of carbonyl (C=O) groups excluding carboxylic acids is 2. The minimum atomic E-state index is -3.88. The number of nitrogens with zero attached hydrogens (tertiary/aromatic N) is 4. The van der Waals surface area contributed by atoms with Crippen molar-refractivity contribution in [3.8, 4) is 0 Å². The number of nitrogens with two attached hydrogens (primary N) is 1. The minimum absolute atomic E-state index is 0.254. The van der Waals surface area contributed by atoms with E-state index in [1.165, 1.54) is 20.2 Å². The van der Waals surface area contributed by atoms with Crippen LogP contribution in [0.15, 0.2) is 12.7 Å². The molecular weight excluding hydrogens is 503 g/mol. The van der Waals surface area contributed by atoms with E-state index in [-0.39, 0.29) is 18.5 Å². The first-order chi connectivity index (χ1) is 17.4. The van der Waals surface area contributed by atoms with Crippen molar-refractivity contribution in [2.75, 3.05) is 25.3 Å². The van der Waals surface area contributed by atoms with Crippen LogP contribution < -0.4 is 10.8 Å². The Balaban J connectivity index is 2.08.